The summed E-state index contributed by atoms with van der Waals surface area (Å²) in [6.45, 7) is 6.97. The molecule has 0 unspecified atom stereocenters. The van der Waals surface area contributed by atoms with Crippen molar-refractivity contribution in [1.82, 2.24) is 4.83 Å². The number of rotatable bonds is 6. The van der Waals surface area contributed by atoms with Crippen molar-refractivity contribution in [3.63, 3.8) is 0 Å². The molecule has 2 aromatic carbocycles. The van der Waals surface area contributed by atoms with Gasteiger partial charge in [-0.1, -0.05) is 61.9 Å². The first kappa shape index (κ1) is 20.1. The summed E-state index contributed by atoms with van der Waals surface area (Å²) in [4.78, 5) is 2.66. The molecule has 0 bridgehead atoms. The molecule has 0 radical (unpaired) electrons. The summed E-state index contributed by atoms with van der Waals surface area (Å²) < 4.78 is 31.5. The van der Waals surface area contributed by atoms with E-state index in [4.69, 9.17) is 4.74 Å². The van der Waals surface area contributed by atoms with Crippen LogP contribution >= 0.6 is 0 Å². The number of sulfonamides is 1. The zero-order valence-corrected chi connectivity index (χ0v) is 17.9. The van der Waals surface area contributed by atoms with Gasteiger partial charge in [-0.05, 0) is 54.7 Å². The number of benzene rings is 2. The summed E-state index contributed by atoms with van der Waals surface area (Å²) in [6, 6.07) is 16.8. The zero-order valence-electron chi connectivity index (χ0n) is 17.1. The number of nitrogens with one attached hydrogen (secondary N) is 1. The zero-order chi connectivity index (χ0) is 20.6. The van der Waals surface area contributed by atoms with Gasteiger partial charge in [-0.25, -0.2) is 4.83 Å². The highest BCUT2D eigenvalue weighted by Gasteiger charge is 2.61. The Labute approximate surface area is 173 Å². The van der Waals surface area contributed by atoms with Crippen LogP contribution in [-0.2, 0) is 21.4 Å². The Balaban J connectivity index is 1.51. The molecule has 3 atom stereocenters. The van der Waals surface area contributed by atoms with Gasteiger partial charge in [-0.3, -0.25) is 0 Å². The molecule has 0 spiro atoms. The molecule has 2 aromatic rings. The Morgan fingerprint density at radius 1 is 1.07 bits per heavy atom. The van der Waals surface area contributed by atoms with Crippen LogP contribution in [0.4, 0.5) is 0 Å². The molecule has 5 nitrogen and oxygen atoms in total. The fourth-order valence-electron chi connectivity index (χ4n) is 4.40. The third-order valence-electron chi connectivity index (χ3n) is 6.49. The molecule has 1 N–H and O–H groups in total. The molecule has 2 fully saturated rings. The molecule has 0 aliphatic heterocycles. The minimum atomic E-state index is -3.69. The highest BCUT2D eigenvalue weighted by atomic mass is 32.2. The van der Waals surface area contributed by atoms with E-state index in [1.165, 1.54) is 0 Å². The van der Waals surface area contributed by atoms with Crippen LogP contribution in [0.5, 0.6) is 0 Å². The van der Waals surface area contributed by atoms with Crippen molar-refractivity contribution in [3.8, 4) is 0 Å². The Morgan fingerprint density at radius 3 is 2.45 bits per heavy atom. The molecule has 2 aliphatic rings. The molecular weight excluding hydrogens is 384 g/mol. The van der Waals surface area contributed by atoms with Crippen LogP contribution in [0.2, 0.25) is 0 Å². The summed E-state index contributed by atoms with van der Waals surface area (Å²) in [5, 5.41) is 4.34. The maximum atomic E-state index is 12.6. The van der Waals surface area contributed by atoms with Crippen molar-refractivity contribution in [2.75, 3.05) is 0 Å². The largest absolute Gasteiger partial charge is 0.368 e. The second-order valence-corrected chi connectivity index (χ2v) is 10.4. The fraction of sp³-hybridized carbons (Fsp3) is 0.435. The standard InChI is InChI=1S/C23H28N2O3S/c1-16-9-11-18(12-10-16)29(26,27)25-24-21-13-19-20(23(19,2)3)14-22(21)28-15-17-7-5-4-6-8-17/h4-12,19-20,22,25H,13-15H2,1-3H3/b24-21-/t19-,20+,22+/m0/s1. The number of hydrogen-bond donors (Lipinski definition) is 1. The monoisotopic (exact) mass is 412 g/mol. The minimum absolute atomic E-state index is 0.168. The third kappa shape index (κ3) is 4.23. The third-order valence-corrected chi connectivity index (χ3v) is 7.72. The maximum absolute atomic E-state index is 12.6. The lowest BCUT2D eigenvalue weighted by Gasteiger charge is -2.24. The lowest BCUT2D eigenvalue weighted by Crippen LogP contribution is -2.32. The molecule has 154 valence electrons. The normalized spacial score (nSPS) is 26.7. The smallest absolute Gasteiger partial charge is 0.276 e. The highest BCUT2D eigenvalue weighted by molar-refractivity contribution is 7.89. The molecule has 2 saturated carbocycles. The van der Waals surface area contributed by atoms with E-state index in [0.717, 1.165) is 29.7 Å². The van der Waals surface area contributed by atoms with E-state index in [1.807, 2.05) is 37.3 Å². The van der Waals surface area contributed by atoms with Crippen LogP contribution in [0.3, 0.4) is 0 Å². The van der Waals surface area contributed by atoms with Crippen LogP contribution in [0.15, 0.2) is 64.6 Å². The molecule has 29 heavy (non-hydrogen) atoms. The van der Waals surface area contributed by atoms with Crippen molar-refractivity contribution in [2.24, 2.45) is 22.4 Å². The number of nitrogens with zero attached hydrogens (tertiary/aromatic N) is 1. The van der Waals surface area contributed by atoms with Crippen LogP contribution in [0, 0.1) is 24.2 Å². The summed E-state index contributed by atoms with van der Waals surface area (Å²) in [7, 11) is -3.69. The number of aryl methyl sites for hydroxylation is 1. The van der Waals surface area contributed by atoms with Gasteiger partial charge in [0.25, 0.3) is 10.0 Å². The molecule has 0 heterocycles. The number of ether oxygens (including phenoxy) is 1. The Bertz CT molecular complexity index is 998. The van der Waals surface area contributed by atoms with Gasteiger partial charge in [0.15, 0.2) is 0 Å². The Morgan fingerprint density at radius 2 is 1.76 bits per heavy atom. The van der Waals surface area contributed by atoms with Crippen molar-refractivity contribution in [1.29, 1.82) is 0 Å². The van der Waals surface area contributed by atoms with Gasteiger partial charge in [0.2, 0.25) is 0 Å². The van der Waals surface area contributed by atoms with Crippen molar-refractivity contribution >= 4 is 15.7 Å². The van der Waals surface area contributed by atoms with Gasteiger partial charge in [-0.15, -0.1) is 0 Å². The van der Waals surface area contributed by atoms with Gasteiger partial charge < -0.3 is 4.74 Å². The molecule has 0 aromatic heterocycles. The highest BCUT2D eigenvalue weighted by Crippen LogP contribution is 2.64. The Hall–Kier alpha value is -2.18. The predicted octanol–water partition coefficient (Wildman–Crippen LogP) is 4.28. The van der Waals surface area contributed by atoms with Crippen LogP contribution in [0.1, 0.15) is 37.8 Å². The van der Waals surface area contributed by atoms with Gasteiger partial charge >= 0.3 is 0 Å². The van der Waals surface area contributed by atoms with Crippen LogP contribution in [0.25, 0.3) is 0 Å². The molecule has 0 amide bonds. The van der Waals surface area contributed by atoms with Crippen molar-refractivity contribution in [2.45, 2.75) is 51.2 Å². The lowest BCUT2D eigenvalue weighted by molar-refractivity contribution is 0.0675. The van der Waals surface area contributed by atoms with Crippen LogP contribution in [-0.4, -0.2) is 20.2 Å². The van der Waals surface area contributed by atoms with Gasteiger partial charge in [0.05, 0.1) is 23.3 Å². The van der Waals surface area contributed by atoms with E-state index < -0.39 is 10.0 Å². The SMILES string of the molecule is Cc1ccc(S(=O)(=O)N/N=C2/C[C@H]3[C@@H](C[C@H]2OCc2ccccc2)C3(C)C)cc1. The second kappa shape index (κ2) is 7.58. The summed E-state index contributed by atoms with van der Waals surface area (Å²) >= 11 is 0. The maximum Gasteiger partial charge on any atom is 0.276 e. The molecular formula is C23H28N2O3S. The number of hydrazone groups is 1. The second-order valence-electron chi connectivity index (χ2n) is 8.77. The molecule has 2 aliphatic carbocycles. The molecule has 6 heteroatoms. The van der Waals surface area contributed by atoms with E-state index in [2.05, 4.69) is 23.8 Å². The quantitative estimate of drug-likeness (QED) is 0.720. The molecule has 4 rings (SSSR count). The fourth-order valence-corrected chi connectivity index (χ4v) is 5.23. The minimum Gasteiger partial charge on any atom is -0.368 e. The van der Waals surface area contributed by atoms with Crippen molar-refractivity contribution < 1.29 is 13.2 Å². The van der Waals surface area contributed by atoms with E-state index in [-0.39, 0.29) is 16.4 Å². The van der Waals surface area contributed by atoms with E-state index >= 15 is 0 Å². The van der Waals surface area contributed by atoms with Crippen molar-refractivity contribution in [3.05, 3.63) is 65.7 Å². The van der Waals surface area contributed by atoms with E-state index in [1.54, 1.807) is 24.3 Å². The summed E-state index contributed by atoms with van der Waals surface area (Å²) in [5.74, 6) is 1.15. The topological polar surface area (TPSA) is 67.8 Å². The number of fused-ring (bicyclic) bond motifs is 1. The molecule has 0 saturated heterocycles. The first-order chi connectivity index (χ1) is 13.8. The van der Waals surface area contributed by atoms with Crippen LogP contribution < -0.4 is 4.83 Å². The van der Waals surface area contributed by atoms with E-state index in [9.17, 15) is 8.42 Å². The van der Waals surface area contributed by atoms with Gasteiger partial charge in [0.1, 0.15) is 0 Å². The van der Waals surface area contributed by atoms with Gasteiger partial charge in [0, 0.05) is 0 Å². The number of hydrogen-bond acceptors (Lipinski definition) is 4. The summed E-state index contributed by atoms with van der Waals surface area (Å²) in [5.41, 5.74) is 3.17. The average Bonchev–Trinajstić information content (AvgIpc) is 3.25. The summed E-state index contributed by atoms with van der Waals surface area (Å²) in [6.07, 6.45) is 1.49. The van der Waals surface area contributed by atoms with E-state index in [0.29, 0.717) is 18.4 Å². The average molecular weight is 413 g/mol. The lowest BCUT2D eigenvalue weighted by atomic mass is 9.95. The Kier molecular flexibility index (Phi) is 5.25. The predicted molar refractivity (Wildman–Crippen MR) is 114 cm³/mol. The van der Waals surface area contributed by atoms with Gasteiger partial charge in [-0.2, -0.15) is 13.5 Å². The first-order valence-electron chi connectivity index (χ1n) is 10.1. The first-order valence-corrected chi connectivity index (χ1v) is 11.6.